The molecule has 1 aromatic carbocycles. The molecule has 0 aliphatic carbocycles. The number of hydrogen-bond donors (Lipinski definition) is 1. The predicted molar refractivity (Wildman–Crippen MR) is 72.8 cm³/mol. The molecule has 0 radical (unpaired) electrons. The smallest absolute Gasteiger partial charge is 0.307 e. The molecule has 5 heteroatoms. The molecule has 1 heterocycles. The number of benzene rings is 1. The topological polar surface area (TPSA) is 71.4 Å². The summed E-state index contributed by atoms with van der Waals surface area (Å²) in [7, 11) is -3.04. The van der Waals surface area contributed by atoms with Crippen LogP contribution in [-0.4, -0.2) is 31.0 Å². The molecule has 19 heavy (non-hydrogen) atoms. The third kappa shape index (κ3) is 3.56. The Morgan fingerprint density at radius 3 is 2.47 bits per heavy atom. The first-order valence-electron chi connectivity index (χ1n) is 6.36. The maximum absolute atomic E-state index is 11.5. The van der Waals surface area contributed by atoms with Gasteiger partial charge in [-0.3, -0.25) is 4.79 Å². The molecule has 1 aliphatic rings. The summed E-state index contributed by atoms with van der Waals surface area (Å²) in [6.07, 6.45) is 0.862. The van der Waals surface area contributed by atoms with Crippen molar-refractivity contribution in [2.45, 2.75) is 19.8 Å². The summed E-state index contributed by atoms with van der Waals surface area (Å²) in [6, 6.07) is 7.71. The van der Waals surface area contributed by atoms with E-state index in [0.717, 1.165) is 11.1 Å². The minimum Gasteiger partial charge on any atom is -0.481 e. The Kier molecular flexibility index (Phi) is 3.94. The van der Waals surface area contributed by atoms with Crippen molar-refractivity contribution in [1.29, 1.82) is 0 Å². The SMILES string of the molecule is Cc1ccc(CC(C(=O)O)C2CCS(=O)(=O)C2)cc1. The molecule has 104 valence electrons. The van der Waals surface area contributed by atoms with Gasteiger partial charge in [0.1, 0.15) is 0 Å². The molecule has 0 aromatic heterocycles. The molecule has 0 amide bonds. The lowest BCUT2D eigenvalue weighted by molar-refractivity contribution is -0.143. The third-order valence-corrected chi connectivity index (χ3v) is 5.52. The van der Waals surface area contributed by atoms with E-state index in [2.05, 4.69) is 0 Å². The Bertz CT molecular complexity index is 560. The van der Waals surface area contributed by atoms with Crippen molar-refractivity contribution < 1.29 is 18.3 Å². The van der Waals surface area contributed by atoms with Crippen molar-refractivity contribution in [3.8, 4) is 0 Å². The Morgan fingerprint density at radius 1 is 1.37 bits per heavy atom. The maximum atomic E-state index is 11.5. The summed E-state index contributed by atoms with van der Waals surface area (Å²) in [5.41, 5.74) is 2.07. The van der Waals surface area contributed by atoms with Crippen molar-refractivity contribution in [2.75, 3.05) is 11.5 Å². The standard InChI is InChI=1S/C14H18O4S/c1-10-2-4-11(5-3-10)8-13(14(15)16)12-6-7-19(17,18)9-12/h2-5,12-13H,6-9H2,1H3,(H,15,16). The van der Waals surface area contributed by atoms with E-state index < -0.39 is 21.7 Å². The second-order valence-electron chi connectivity index (χ2n) is 5.30. The van der Waals surface area contributed by atoms with E-state index in [0.29, 0.717) is 12.8 Å². The average Bonchev–Trinajstić information content (AvgIpc) is 2.68. The molecular formula is C14H18O4S. The van der Waals surface area contributed by atoms with E-state index in [1.54, 1.807) is 0 Å². The summed E-state index contributed by atoms with van der Waals surface area (Å²) in [5, 5.41) is 9.32. The minimum absolute atomic E-state index is 0.00975. The Hall–Kier alpha value is -1.36. The molecule has 2 atom stereocenters. The summed E-state index contributed by atoms with van der Waals surface area (Å²) >= 11 is 0. The van der Waals surface area contributed by atoms with Gasteiger partial charge in [-0.2, -0.15) is 0 Å². The van der Waals surface area contributed by atoms with E-state index >= 15 is 0 Å². The molecule has 2 unspecified atom stereocenters. The highest BCUT2D eigenvalue weighted by Crippen LogP contribution is 2.29. The predicted octanol–water partition coefficient (Wildman–Crippen LogP) is 1.67. The van der Waals surface area contributed by atoms with Gasteiger partial charge in [0.25, 0.3) is 0 Å². The lowest BCUT2D eigenvalue weighted by Gasteiger charge is -2.18. The van der Waals surface area contributed by atoms with Crippen molar-refractivity contribution in [3.63, 3.8) is 0 Å². The van der Waals surface area contributed by atoms with Gasteiger partial charge in [-0.1, -0.05) is 29.8 Å². The monoisotopic (exact) mass is 282 g/mol. The first-order chi connectivity index (χ1) is 8.87. The zero-order valence-electron chi connectivity index (χ0n) is 10.9. The van der Waals surface area contributed by atoms with Crippen LogP contribution in [0.15, 0.2) is 24.3 Å². The van der Waals surface area contributed by atoms with Crippen LogP contribution >= 0.6 is 0 Å². The van der Waals surface area contributed by atoms with Gasteiger partial charge in [-0.25, -0.2) is 8.42 Å². The third-order valence-electron chi connectivity index (χ3n) is 3.73. The van der Waals surface area contributed by atoms with E-state index in [4.69, 9.17) is 0 Å². The number of aliphatic carboxylic acids is 1. The average molecular weight is 282 g/mol. The number of aryl methyl sites for hydroxylation is 1. The maximum Gasteiger partial charge on any atom is 0.307 e. The van der Waals surface area contributed by atoms with Crippen LogP contribution in [0, 0.1) is 18.8 Å². The Balaban J connectivity index is 2.13. The minimum atomic E-state index is -3.04. The first-order valence-corrected chi connectivity index (χ1v) is 8.18. The highest BCUT2D eigenvalue weighted by Gasteiger charge is 2.37. The van der Waals surface area contributed by atoms with Gasteiger partial charge in [0.2, 0.25) is 0 Å². The second-order valence-corrected chi connectivity index (χ2v) is 7.53. The van der Waals surface area contributed by atoms with Crippen LogP contribution in [0.3, 0.4) is 0 Å². The van der Waals surface area contributed by atoms with Gasteiger partial charge in [-0.15, -0.1) is 0 Å². The molecule has 0 bridgehead atoms. The second kappa shape index (κ2) is 5.33. The van der Waals surface area contributed by atoms with E-state index in [9.17, 15) is 18.3 Å². The van der Waals surface area contributed by atoms with Gasteiger partial charge in [-0.05, 0) is 31.2 Å². The van der Waals surface area contributed by atoms with E-state index in [1.807, 2.05) is 31.2 Å². The number of carbonyl (C=O) groups is 1. The fraction of sp³-hybridized carbons (Fsp3) is 0.500. The van der Waals surface area contributed by atoms with Gasteiger partial charge in [0.15, 0.2) is 9.84 Å². The molecule has 4 nitrogen and oxygen atoms in total. The summed E-state index contributed by atoms with van der Waals surface area (Å²) in [5.74, 6) is -1.64. The summed E-state index contributed by atoms with van der Waals surface area (Å²) in [4.78, 5) is 11.4. The number of hydrogen-bond acceptors (Lipinski definition) is 3. The van der Waals surface area contributed by atoms with Crippen molar-refractivity contribution in [2.24, 2.45) is 11.8 Å². The van der Waals surface area contributed by atoms with Crippen LogP contribution in [-0.2, 0) is 21.1 Å². The Morgan fingerprint density at radius 2 is 2.00 bits per heavy atom. The number of rotatable bonds is 4. The van der Waals surface area contributed by atoms with Crippen molar-refractivity contribution >= 4 is 15.8 Å². The van der Waals surface area contributed by atoms with Crippen LogP contribution in [0.4, 0.5) is 0 Å². The van der Waals surface area contributed by atoms with Gasteiger partial charge in [0, 0.05) is 0 Å². The fourth-order valence-electron chi connectivity index (χ4n) is 2.57. The van der Waals surface area contributed by atoms with Gasteiger partial charge < -0.3 is 5.11 Å². The molecule has 1 fully saturated rings. The largest absolute Gasteiger partial charge is 0.481 e. The molecule has 1 aromatic rings. The normalized spacial score (nSPS) is 23.1. The molecule has 0 spiro atoms. The summed E-state index contributed by atoms with van der Waals surface area (Å²) in [6.45, 7) is 1.97. The lowest BCUT2D eigenvalue weighted by atomic mass is 9.86. The van der Waals surface area contributed by atoms with Crippen LogP contribution in [0.1, 0.15) is 17.5 Å². The molecule has 0 saturated carbocycles. The number of carboxylic acids is 1. The van der Waals surface area contributed by atoms with Gasteiger partial charge >= 0.3 is 5.97 Å². The zero-order chi connectivity index (χ0) is 14.0. The highest BCUT2D eigenvalue weighted by atomic mass is 32.2. The lowest BCUT2D eigenvalue weighted by Crippen LogP contribution is -2.26. The molecule has 1 saturated heterocycles. The van der Waals surface area contributed by atoms with E-state index in [1.165, 1.54) is 0 Å². The quantitative estimate of drug-likeness (QED) is 0.912. The first kappa shape index (κ1) is 14.1. The number of sulfone groups is 1. The van der Waals surface area contributed by atoms with Crippen molar-refractivity contribution in [1.82, 2.24) is 0 Å². The molecule has 1 N–H and O–H groups in total. The van der Waals surface area contributed by atoms with Crippen LogP contribution in [0.2, 0.25) is 0 Å². The van der Waals surface area contributed by atoms with Gasteiger partial charge in [0.05, 0.1) is 17.4 Å². The molecule has 2 rings (SSSR count). The highest BCUT2D eigenvalue weighted by molar-refractivity contribution is 7.91. The summed E-state index contributed by atoms with van der Waals surface area (Å²) < 4.78 is 22.9. The number of carboxylic acid groups (broad SMARTS) is 1. The Labute approximate surface area is 113 Å². The van der Waals surface area contributed by atoms with Crippen LogP contribution in [0.5, 0.6) is 0 Å². The van der Waals surface area contributed by atoms with Crippen LogP contribution < -0.4 is 0 Å². The fourth-order valence-corrected chi connectivity index (χ4v) is 4.45. The van der Waals surface area contributed by atoms with Crippen molar-refractivity contribution in [3.05, 3.63) is 35.4 Å². The van der Waals surface area contributed by atoms with Crippen LogP contribution in [0.25, 0.3) is 0 Å². The zero-order valence-corrected chi connectivity index (χ0v) is 11.7. The molecular weight excluding hydrogens is 264 g/mol. The molecule has 1 aliphatic heterocycles. The van der Waals surface area contributed by atoms with E-state index in [-0.39, 0.29) is 17.4 Å².